The van der Waals surface area contributed by atoms with Gasteiger partial charge in [-0.3, -0.25) is 4.72 Å². The molecular formula is C37H41ClF3N5O2S4. The number of halogens is 4. The fourth-order valence-corrected chi connectivity index (χ4v) is 7.27. The van der Waals surface area contributed by atoms with Crippen LogP contribution in [0.4, 0.5) is 13.2 Å². The van der Waals surface area contributed by atoms with Crippen LogP contribution in [0.5, 0.6) is 0 Å². The van der Waals surface area contributed by atoms with Gasteiger partial charge in [-0.15, -0.1) is 0 Å². The van der Waals surface area contributed by atoms with Crippen molar-refractivity contribution < 1.29 is 21.6 Å². The summed E-state index contributed by atoms with van der Waals surface area (Å²) in [7, 11) is -4.62. The van der Waals surface area contributed by atoms with Crippen LogP contribution >= 0.6 is 48.0 Å². The molecule has 1 unspecified atom stereocenters. The number of sulfonamides is 1. The van der Waals surface area contributed by atoms with Gasteiger partial charge in [0.1, 0.15) is 0 Å². The molecule has 0 bridgehead atoms. The molecule has 1 aliphatic rings. The lowest BCUT2D eigenvalue weighted by molar-refractivity contribution is -0.139. The minimum absolute atomic E-state index is 0.199. The zero-order valence-electron chi connectivity index (χ0n) is 29.1. The Balaban J connectivity index is 0.000000340. The van der Waals surface area contributed by atoms with Gasteiger partial charge >= 0.3 is 6.18 Å². The zero-order chi connectivity index (χ0) is 38.3. The summed E-state index contributed by atoms with van der Waals surface area (Å²) in [6, 6.07) is 28.7. The van der Waals surface area contributed by atoms with E-state index < -0.39 is 26.7 Å². The summed E-state index contributed by atoms with van der Waals surface area (Å²) in [5.74, 6) is -0.257. The van der Waals surface area contributed by atoms with Crippen molar-refractivity contribution in [1.82, 2.24) is 19.8 Å². The minimum Gasteiger partial charge on any atom is -0.362 e. The van der Waals surface area contributed by atoms with Gasteiger partial charge in [0.25, 0.3) is 10.0 Å². The molecule has 52 heavy (non-hydrogen) atoms. The van der Waals surface area contributed by atoms with Crippen LogP contribution in [0.1, 0.15) is 61.8 Å². The summed E-state index contributed by atoms with van der Waals surface area (Å²) < 4.78 is 70.9. The average Bonchev–Trinajstić information content (AvgIpc) is 3.59. The maximum atomic E-state index is 13.4. The molecule has 4 aromatic rings. The van der Waals surface area contributed by atoms with Crippen molar-refractivity contribution in [3.8, 4) is 0 Å². The highest BCUT2D eigenvalue weighted by atomic mass is 35.5. The number of rotatable bonds is 9. The summed E-state index contributed by atoms with van der Waals surface area (Å²) >= 11 is 17.9. The van der Waals surface area contributed by atoms with Gasteiger partial charge in [-0.25, -0.2) is 13.4 Å². The molecule has 1 aliphatic heterocycles. The van der Waals surface area contributed by atoms with E-state index in [4.69, 9.17) is 36.0 Å². The van der Waals surface area contributed by atoms with Gasteiger partial charge in [0, 0.05) is 22.4 Å². The molecule has 0 aromatic heterocycles. The van der Waals surface area contributed by atoms with Crippen LogP contribution in [0.25, 0.3) is 0 Å². The van der Waals surface area contributed by atoms with Crippen LogP contribution in [-0.4, -0.2) is 42.5 Å². The second kappa shape index (κ2) is 20.5. The number of benzene rings is 4. The van der Waals surface area contributed by atoms with Crippen LogP contribution < -0.4 is 14.8 Å². The lowest BCUT2D eigenvalue weighted by atomic mass is 9.91. The fourth-order valence-electron chi connectivity index (χ4n) is 4.74. The lowest BCUT2D eigenvalue weighted by Gasteiger charge is -2.19. The molecule has 1 atom stereocenters. The first-order valence-corrected chi connectivity index (χ1v) is 19.9. The summed E-state index contributed by atoms with van der Waals surface area (Å²) in [5.41, 5.74) is 2.30. The Bertz CT molecular complexity index is 1900. The van der Waals surface area contributed by atoms with Gasteiger partial charge in [0.15, 0.2) is 5.11 Å². The predicted molar refractivity (Wildman–Crippen MR) is 215 cm³/mol. The second-order valence-electron chi connectivity index (χ2n) is 11.1. The van der Waals surface area contributed by atoms with E-state index >= 15 is 0 Å². The standard InChI is InChI=1S/C23H17ClF3N3O2S2.C12H18N2S2.C2H6/c24-17-12-10-16(11-13-17)21-18(15-6-2-1-3-7-15)14-30(28-21)22(33)29-34(31,32)20-9-5-4-8-19(20)23(25,26)27;1-3-4-9-13-12(15)14-16-11-7-5-10(2)6-8-11;1-2/h1-13,18H,14H2,(H,29,33);5-8H,3-4,9H2,1-2H3,(H2,13,14,15);1-2H3. The van der Waals surface area contributed by atoms with E-state index in [9.17, 15) is 21.6 Å². The number of hydrazone groups is 1. The van der Waals surface area contributed by atoms with Crippen molar-refractivity contribution in [3.05, 3.63) is 130 Å². The van der Waals surface area contributed by atoms with Crippen LogP contribution in [0, 0.1) is 6.92 Å². The third-order valence-electron chi connectivity index (χ3n) is 7.29. The van der Waals surface area contributed by atoms with Crippen molar-refractivity contribution in [2.24, 2.45) is 5.10 Å². The number of nitrogens with one attached hydrogen (secondary N) is 3. The number of thiocarbonyl (C=S) groups is 2. The molecule has 0 aliphatic carbocycles. The first-order chi connectivity index (χ1) is 24.8. The Hall–Kier alpha value is -3.69. The maximum absolute atomic E-state index is 13.4. The molecule has 0 saturated heterocycles. The van der Waals surface area contributed by atoms with E-state index in [0.717, 1.165) is 36.2 Å². The Kier molecular flexibility index (Phi) is 16.9. The number of unbranched alkanes of at least 4 members (excludes halogenated alkanes) is 1. The Morgan fingerprint density at radius 3 is 2.17 bits per heavy atom. The van der Waals surface area contributed by atoms with E-state index in [1.807, 2.05) is 44.2 Å². The van der Waals surface area contributed by atoms with Crippen LogP contribution in [0.2, 0.25) is 5.02 Å². The van der Waals surface area contributed by atoms with Gasteiger partial charge in [-0.2, -0.15) is 18.3 Å². The van der Waals surface area contributed by atoms with Crippen LogP contribution in [0.15, 0.2) is 118 Å². The van der Waals surface area contributed by atoms with Crippen molar-refractivity contribution in [3.63, 3.8) is 0 Å². The normalized spacial score (nSPS) is 13.8. The molecule has 0 fully saturated rings. The first-order valence-electron chi connectivity index (χ1n) is 16.5. The Morgan fingerprint density at radius 2 is 1.56 bits per heavy atom. The van der Waals surface area contributed by atoms with Gasteiger partial charge in [0.2, 0.25) is 5.11 Å². The SMILES string of the molecule is CC.CCCCNC(=S)NSc1ccc(C)cc1.O=S(=O)(NC(=S)N1CC(c2ccccc2)C(c2ccc(Cl)cc2)=N1)c1ccccc1C(F)(F)F. The summed E-state index contributed by atoms with van der Waals surface area (Å²) in [4.78, 5) is 0.260. The van der Waals surface area contributed by atoms with E-state index in [0.29, 0.717) is 21.9 Å². The Morgan fingerprint density at radius 1 is 0.942 bits per heavy atom. The third kappa shape index (κ3) is 12.8. The zero-order valence-corrected chi connectivity index (χ0v) is 33.1. The Labute approximate surface area is 324 Å². The van der Waals surface area contributed by atoms with Crippen molar-refractivity contribution >= 4 is 73.9 Å². The van der Waals surface area contributed by atoms with E-state index in [1.165, 1.54) is 28.0 Å². The maximum Gasteiger partial charge on any atom is 0.417 e. The molecule has 1 heterocycles. The molecule has 0 saturated carbocycles. The van der Waals surface area contributed by atoms with Gasteiger partial charge in [-0.1, -0.05) is 111 Å². The molecule has 5 rings (SSSR count). The smallest absolute Gasteiger partial charge is 0.362 e. The van der Waals surface area contributed by atoms with Crippen molar-refractivity contribution in [2.75, 3.05) is 13.1 Å². The van der Waals surface area contributed by atoms with Gasteiger partial charge in [-0.05, 0) is 97.3 Å². The quantitative estimate of drug-likeness (QED) is 0.0877. The van der Waals surface area contributed by atoms with E-state index in [1.54, 1.807) is 36.2 Å². The average molecular weight is 808 g/mol. The van der Waals surface area contributed by atoms with Crippen molar-refractivity contribution in [1.29, 1.82) is 0 Å². The monoisotopic (exact) mass is 807 g/mol. The largest absolute Gasteiger partial charge is 0.417 e. The molecule has 3 N–H and O–H groups in total. The number of hydrogen-bond donors (Lipinski definition) is 3. The predicted octanol–water partition coefficient (Wildman–Crippen LogP) is 9.72. The number of aryl methyl sites for hydroxylation is 1. The molecule has 0 spiro atoms. The third-order valence-corrected chi connectivity index (χ3v) is 10.6. The first kappa shape index (κ1) is 42.7. The van der Waals surface area contributed by atoms with Crippen LogP contribution in [0.3, 0.4) is 0 Å². The highest BCUT2D eigenvalue weighted by Crippen LogP contribution is 2.34. The number of alkyl halides is 3. The van der Waals surface area contributed by atoms with Gasteiger partial charge < -0.3 is 10.0 Å². The van der Waals surface area contributed by atoms with E-state index in [2.05, 4.69) is 58.0 Å². The molecule has 0 radical (unpaired) electrons. The topological polar surface area (TPSA) is 85.8 Å². The molecule has 15 heteroatoms. The highest BCUT2D eigenvalue weighted by molar-refractivity contribution is 7.99. The molecule has 7 nitrogen and oxygen atoms in total. The lowest BCUT2D eigenvalue weighted by Crippen LogP contribution is -2.40. The summed E-state index contributed by atoms with van der Waals surface area (Å²) in [6.45, 7) is 9.39. The summed E-state index contributed by atoms with van der Waals surface area (Å²) in [5, 5.41) is 9.86. The molecule has 0 amide bonds. The highest BCUT2D eigenvalue weighted by Gasteiger charge is 2.38. The molecular weight excluding hydrogens is 767 g/mol. The fraction of sp³-hybridized carbons (Fsp3) is 0.270. The number of nitrogens with zero attached hydrogens (tertiary/aromatic N) is 2. The van der Waals surface area contributed by atoms with Crippen molar-refractivity contribution in [2.45, 2.75) is 62.4 Å². The molecule has 4 aromatic carbocycles. The van der Waals surface area contributed by atoms with E-state index in [-0.39, 0.29) is 17.6 Å². The summed E-state index contributed by atoms with van der Waals surface area (Å²) in [6.07, 6.45) is -2.52. The van der Waals surface area contributed by atoms with Gasteiger partial charge in [0.05, 0.1) is 22.7 Å². The van der Waals surface area contributed by atoms with Crippen LogP contribution in [-0.2, 0) is 16.2 Å². The number of hydrogen-bond acceptors (Lipinski definition) is 6. The second-order valence-corrected chi connectivity index (χ2v) is 14.8. The minimum atomic E-state index is -4.85. The molecule has 278 valence electrons.